The molecular formula is C31H30Cl2FN6O3S2+. The average molecular weight is 689 g/mol. The number of aryl methyl sites for hydroxylation is 1. The first-order chi connectivity index (χ1) is 21.6. The van der Waals surface area contributed by atoms with E-state index in [1.807, 2.05) is 31.2 Å². The number of likely N-dealkylation sites (tertiary alicyclic amines) is 1. The van der Waals surface area contributed by atoms with Gasteiger partial charge in [-0.2, -0.15) is 0 Å². The van der Waals surface area contributed by atoms with Crippen LogP contribution in [0.2, 0.25) is 10.0 Å². The number of benzene rings is 1. The molecule has 2 aliphatic rings. The van der Waals surface area contributed by atoms with Gasteiger partial charge in [-0.05, 0) is 61.2 Å². The molecule has 2 saturated heterocycles. The lowest BCUT2D eigenvalue weighted by molar-refractivity contribution is -0.718. The number of nitrogens with zero attached hydrogens (tertiary/aromatic N) is 5. The van der Waals surface area contributed by atoms with Gasteiger partial charge in [0.05, 0.1) is 39.0 Å². The van der Waals surface area contributed by atoms with Gasteiger partial charge in [-0.1, -0.05) is 52.4 Å². The Kier molecular flexibility index (Phi) is 9.04. The maximum atomic E-state index is 16.0. The van der Waals surface area contributed by atoms with E-state index in [-0.39, 0.29) is 22.2 Å². The summed E-state index contributed by atoms with van der Waals surface area (Å²) >= 11 is 15.2. The summed E-state index contributed by atoms with van der Waals surface area (Å²) in [4.78, 5) is 41.2. The van der Waals surface area contributed by atoms with E-state index in [9.17, 15) is 9.59 Å². The summed E-state index contributed by atoms with van der Waals surface area (Å²) in [6.07, 6.45) is 5.63. The molecule has 0 spiro atoms. The number of piperidine rings is 1. The lowest BCUT2D eigenvalue weighted by atomic mass is 9.72. The largest absolute Gasteiger partial charge is 0.453 e. The van der Waals surface area contributed by atoms with Crippen LogP contribution in [0.3, 0.4) is 0 Å². The van der Waals surface area contributed by atoms with Crippen LogP contribution >= 0.6 is 46.3 Å². The van der Waals surface area contributed by atoms with E-state index in [1.54, 1.807) is 29.4 Å². The van der Waals surface area contributed by atoms with Gasteiger partial charge < -0.3 is 15.0 Å². The zero-order chi connectivity index (χ0) is 31.8. The second-order valence-electron chi connectivity index (χ2n) is 11.3. The Morgan fingerprint density at radius 1 is 1.09 bits per heavy atom. The summed E-state index contributed by atoms with van der Waals surface area (Å²) in [6.45, 7) is 4.44. The molecule has 3 aromatic heterocycles. The minimum atomic E-state index is -0.649. The normalized spacial score (nSPS) is 16.7. The molecular weight excluding hydrogens is 658 g/mol. The fraction of sp³-hybridized carbons (Fsp3) is 0.323. The smallest absolute Gasteiger partial charge is 0.409 e. The standard InChI is InChI=1S/C31H30Cl2FN6O3S2/c1-19-5-9-35-24(15-19)38-29-37-17-25(45-29)44-23-6-10-36-27(26(23)34)28(41)40(13-14-40)18-31(20-3-4-21(32)22(33)16-20)7-11-39(12-8-31)30(42)43-2/h3-6,9-10,15-17H,7-8,11-14,18H2,1-2H3,(H,35,37,38)/q+1. The Morgan fingerprint density at radius 2 is 1.84 bits per heavy atom. The minimum Gasteiger partial charge on any atom is -0.453 e. The number of quaternary nitrogens is 1. The molecule has 5 heterocycles. The molecule has 2 aliphatic heterocycles. The third-order valence-corrected chi connectivity index (χ3v) is 11.2. The highest BCUT2D eigenvalue weighted by Gasteiger charge is 2.57. The van der Waals surface area contributed by atoms with Gasteiger partial charge in [0.1, 0.15) is 18.9 Å². The third-order valence-electron chi connectivity index (χ3n) is 8.39. The van der Waals surface area contributed by atoms with Crippen molar-refractivity contribution >= 4 is 69.3 Å². The average Bonchev–Trinajstić information content (AvgIpc) is 3.68. The van der Waals surface area contributed by atoms with Gasteiger partial charge in [0.15, 0.2) is 10.9 Å². The van der Waals surface area contributed by atoms with Crippen molar-refractivity contribution in [2.45, 2.75) is 34.3 Å². The molecule has 14 heteroatoms. The number of hydrogen-bond donors (Lipinski definition) is 1. The number of aromatic nitrogens is 3. The molecule has 0 unspecified atom stereocenters. The number of anilines is 2. The van der Waals surface area contributed by atoms with Crippen molar-refractivity contribution in [3.05, 3.63) is 87.7 Å². The van der Waals surface area contributed by atoms with Gasteiger partial charge in [0, 0.05) is 30.9 Å². The number of amides is 2. The van der Waals surface area contributed by atoms with Crippen LogP contribution in [-0.4, -0.2) is 76.2 Å². The van der Waals surface area contributed by atoms with Gasteiger partial charge in [0.2, 0.25) is 5.69 Å². The third kappa shape index (κ3) is 6.66. The zero-order valence-corrected chi connectivity index (χ0v) is 27.7. The fourth-order valence-electron chi connectivity index (χ4n) is 5.81. The Labute approximate surface area is 278 Å². The molecule has 0 bridgehead atoms. The lowest BCUT2D eigenvalue weighted by Gasteiger charge is -2.42. The van der Waals surface area contributed by atoms with E-state index in [0.717, 1.165) is 15.3 Å². The highest BCUT2D eigenvalue weighted by atomic mass is 35.5. The van der Waals surface area contributed by atoms with E-state index < -0.39 is 11.2 Å². The summed E-state index contributed by atoms with van der Waals surface area (Å²) in [6, 6.07) is 10.9. The van der Waals surface area contributed by atoms with Crippen molar-refractivity contribution in [3.63, 3.8) is 0 Å². The molecule has 0 saturated carbocycles. The van der Waals surface area contributed by atoms with Gasteiger partial charge in [-0.3, -0.25) is 0 Å². The summed E-state index contributed by atoms with van der Waals surface area (Å²) in [5.41, 5.74) is 1.33. The van der Waals surface area contributed by atoms with E-state index in [2.05, 4.69) is 20.3 Å². The highest BCUT2D eigenvalue weighted by molar-refractivity contribution is 8.01. The van der Waals surface area contributed by atoms with Crippen molar-refractivity contribution < 1.29 is 23.2 Å². The van der Waals surface area contributed by atoms with Gasteiger partial charge in [0.25, 0.3) is 0 Å². The number of halogens is 3. The summed E-state index contributed by atoms with van der Waals surface area (Å²) in [5, 5.41) is 4.65. The highest BCUT2D eigenvalue weighted by Crippen LogP contribution is 2.44. The molecule has 2 fully saturated rings. The maximum Gasteiger partial charge on any atom is 0.409 e. The summed E-state index contributed by atoms with van der Waals surface area (Å²) in [7, 11) is 1.36. The molecule has 6 rings (SSSR count). The molecule has 4 aromatic rings. The van der Waals surface area contributed by atoms with Crippen LogP contribution in [0.4, 0.5) is 20.1 Å². The van der Waals surface area contributed by atoms with Crippen LogP contribution in [0, 0.1) is 12.7 Å². The van der Waals surface area contributed by atoms with Crippen LogP contribution in [0.5, 0.6) is 0 Å². The van der Waals surface area contributed by atoms with Crippen molar-refractivity contribution in [1.82, 2.24) is 19.9 Å². The first kappa shape index (κ1) is 31.7. The van der Waals surface area contributed by atoms with E-state index in [1.165, 1.54) is 36.4 Å². The quantitative estimate of drug-likeness (QED) is 0.152. The van der Waals surface area contributed by atoms with Crippen LogP contribution < -0.4 is 5.32 Å². The second kappa shape index (κ2) is 12.8. The van der Waals surface area contributed by atoms with Gasteiger partial charge in [-0.15, -0.1) is 0 Å². The van der Waals surface area contributed by atoms with Crippen molar-refractivity contribution in [3.8, 4) is 0 Å². The van der Waals surface area contributed by atoms with Crippen molar-refractivity contribution in [2.24, 2.45) is 0 Å². The van der Waals surface area contributed by atoms with Crippen molar-refractivity contribution in [1.29, 1.82) is 0 Å². The Bertz CT molecular complexity index is 1760. The lowest BCUT2D eigenvalue weighted by Crippen LogP contribution is -2.53. The number of rotatable bonds is 8. The van der Waals surface area contributed by atoms with Crippen LogP contribution in [-0.2, 0) is 10.2 Å². The number of hydrogen-bond acceptors (Lipinski definition) is 9. The minimum absolute atomic E-state index is 0.0641. The molecule has 9 nitrogen and oxygen atoms in total. The van der Waals surface area contributed by atoms with Crippen molar-refractivity contribution in [2.75, 3.05) is 45.2 Å². The molecule has 0 aliphatic carbocycles. The van der Waals surface area contributed by atoms with E-state index in [0.29, 0.717) is 71.5 Å². The molecule has 1 aromatic carbocycles. The number of carbonyl (C=O) groups is 2. The Hall–Kier alpha value is -3.29. The summed E-state index contributed by atoms with van der Waals surface area (Å²) in [5.74, 6) is -0.336. The Morgan fingerprint density at radius 3 is 2.53 bits per heavy atom. The number of nitrogens with one attached hydrogen (secondary N) is 1. The number of pyridine rings is 2. The number of ether oxygens (including phenoxy) is 1. The second-order valence-corrected chi connectivity index (χ2v) is 14.5. The number of methoxy groups -OCH3 is 1. The molecule has 2 amide bonds. The molecule has 0 atom stereocenters. The van der Waals surface area contributed by atoms with Crippen LogP contribution in [0.1, 0.15) is 34.5 Å². The monoisotopic (exact) mass is 687 g/mol. The van der Waals surface area contributed by atoms with E-state index in [4.69, 9.17) is 27.9 Å². The SMILES string of the molecule is COC(=O)N1CCC(C[N+]2(C(=O)c3nccc(Sc4cnc(Nc5cc(C)ccn5)s4)c3F)CC2)(c2ccc(Cl)c(Cl)c2)CC1. The first-order valence-electron chi connectivity index (χ1n) is 14.3. The van der Waals surface area contributed by atoms with Gasteiger partial charge in [-0.25, -0.2) is 33.4 Å². The van der Waals surface area contributed by atoms with Crippen LogP contribution in [0.15, 0.2) is 64.1 Å². The molecule has 234 valence electrons. The first-order valence-corrected chi connectivity index (χ1v) is 16.7. The Balaban J connectivity index is 1.23. The number of carbonyl (C=O) groups excluding carboxylic acids is 2. The fourth-order valence-corrected chi connectivity index (χ4v) is 7.97. The zero-order valence-electron chi connectivity index (χ0n) is 24.6. The maximum absolute atomic E-state index is 16.0. The van der Waals surface area contributed by atoms with E-state index >= 15 is 4.39 Å². The summed E-state index contributed by atoms with van der Waals surface area (Å²) < 4.78 is 21.7. The predicted octanol–water partition coefficient (Wildman–Crippen LogP) is 7.35. The number of thiazole rings is 1. The molecule has 0 radical (unpaired) electrons. The van der Waals surface area contributed by atoms with Gasteiger partial charge >= 0.3 is 12.0 Å². The predicted molar refractivity (Wildman–Crippen MR) is 173 cm³/mol. The molecule has 45 heavy (non-hydrogen) atoms. The topological polar surface area (TPSA) is 97.3 Å². The molecule has 1 N–H and O–H groups in total. The van der Waals surface area contributed by atoms with Crippen LogP contribution in [0.25, 0.3) is 0 Å².